The van der Waals surface area contributed by atoms with Gasteiger partial charge in [-0.1, -0.05) is 133 Å². The number of fused-ring (bicyclic) bond motifs is 5. The van der Waals surface area contributed by atoms with Crippen molar-refractivity contribution in [2.24, 2.45) is 0 Å². The molecule has 2 aromatic heterocycles. The van der Waals surface area contributed by atoms with E-state index < -0.39 is 0 Å². The second-order valence-corrected chi connectivity index (χ2v) is 14.4. The largest absolute Gasteiger partial charge is 0.456 e. The SMILES string of the molecule is c1ccc(-c2ccc(N(c3ccc(-c4ccc5oc6cc7nc(-c8ccccc8)oc7cc6c5c4)cc3)c3cccc(-c4cccc5ccccc45)c3)cc2)cc1. The van der Waals surface area contributed by atoms with E-state index in [2.05, 4.69) is 175 Å². The summed E-state index contributed by atoms with van der Waals surface area (Å²) in [6.07, 6.45) is 0. The van der Waals surface area contributed by atoms with Gasteiger partial charge in [0.05, 0.1) is 0 Å². The fourth-order valence-electron chi connectivity index (χ4n) is 8.05. The summed E-state index contributed by atoms with van der Waals surface area (Å²) in [6.45, 7) is 0. The minimum absolute atomic E-state index is 0.602. The molecule has 0 fully saturated rings. The molecule has 0 aliphatic heterocycles. The Balaban J connectivity index is 0.978. The molecule has 9 aromatic carbocycles. The predicted molar refractivity (Wildman–Crippen MR) is 235 cm³/mol. The molecule has 0 aliphatic carbocycles. The van der Waals surface area contributed by atoms with Crippen LogP contribution in [0.2, 0.25) is 0 Å². The Morgan fingerprint density at radius 1 is 0.333 bits per heavy atom. The van der Waals surface area contributed by atoms with Crippen LogP contribution in [0.3, 0.4) is 0 Å². The fraction of sp³-hybridized carbons (Fsp3) is 0. The Kier molecular flexibility index (Phi) is 7.78. The monoisotopic (exact) mass is 730 g/mol. The lowest BCUT2D eigenvalue weighted by Crippen LogP contribution is -2.10. The lowest BCUT2D eigenvalue weighted by Gasteiger charge is -2.26. The van der Waals surface area contributed by atoms with Gasteiger partial charge in [-0.15, -0.1) is 0 Å². The van der Waals surface area contributed by atoms with Crippen LogP contribution in [0, 0.1) is 0 Å². The molecule has 0 amide bonds. The van der Waals surface area contributed by atoms with Gasteiger partial charge < -0.3 is 13.7 Å². The number of hydrogen-bond donors (Lipinski definition) is 0. The molecule has 0 atom stereocenters. The minimum atomic E-state index is 0.602. The van der Waals surface area contributed by atoms with Crippen LogP contribution in [-0.2, 0) is 0 Å². The number of furan rings is 1. The summed E-state index contributed by atoms with van der Waals surface area (Å²) in [6, 6.07) is 72.6. The first-order chi connectivity index (χ1) is 28.2. The smallest absolute Gasteiger partial charge is 0.227 e. The van der Waals surface area contributed by atoms with Crippen molar-refractivity contribution in [1.29, 1.82) is 0 Å². The van der Waals surface area contributed by atoms with Gasteiger partial charge >= 0.3 is 0 Å². The van der Waals surface area contributed by atoms with Crippen LogP contribution >= 0.6 is 0 Å². The summed E-state index contributed by atoms with van der Waals surface area (Å²) in [5.41, 5.74) is 14.3. The van der Waals surface area contributed by atoms with Gasteiger partial charge in [-0.3, -0.25) is 0 Å². The molecule has 0 aliphatic rings. The Hall–Kier alpha value is -7.69. The van der Waals surface area contributed by atoms with E-state index in [1.807, 2.05) is 36.4 Å². The maximum absolute atomic E-state index is 6.33. The Labute approximate surface area is 329 Å². The van der Waals surface area contributed by atoms with Gasteiger partial charge in [-0.2, -0.15) is 0 Å². The van der Waals surface area contributed by atoms with Crippen LogP contribution in [0.5, 0.6) is 0 Å². The number of nitrogens with zero attached hydrogens (tertiary/aromatic N) is 2. The third-order valence-corrected chi connectivity index (χ3v) is 10.9. The van der Waals surface area contributed by atoms with Gasteiger partial charge in [0.25, 0.3) is 0 Å². The number of aromatic nitrogens is 1. The maximum Gasteiger partial charge on any atom is 0.227 e. The Morgan fingerprint density at radius 3 is 1.70 bits per heavy atom. The second-order valence-electron chi connectivity index (χ2n) is 14.4. The first-order valence-corrected chi connectivity index (χ1v) is 19.2. The molecule has 0 bridgehead atoms. The highest BCUT2D eigenvalue weighted by Gasteiger charge is 2.17. The molecule has 0 saturated carbocycles. The van der Waals surface area contributed by atoms with Gasteiger partial charge in [-0.05, 0) is 111 Å². The van der Waals surface area contributed by atoms with Crippen LogP contribution in [0.25, 0.3) is 88.6 Å². The Bertz CT molecular complexity index is 3210. The molecule has 0 unspecified atom stereocenters. The summed E-state index contributed by atoms with van der Waals surface area (Å²) < 4.78 is 12.6. The van der Waals surface area contributed by atoms with Crippen LogP contribution < -0.4 is 4.90 Å². The summed E-state index contributed by atoms with van der Waals surface area (Å²) in [5.74, 6) is 0.602. The molecule has 2 heterocycles. The summed E-state index contributed by atoms with van der Waals surface area (Å²) in [4.78, 5) is 7.09. The zero-order chi connectivity index (χ0) is 37.7. The van der Waals surface area contributed by atoms with Gasteiger partial charge in [0.15, 0.2) is 5.58 Å². The van der Waals surface area contributed by atoms with Crippen molar-refractivity contribution in [3.8, 4) is 44.8 Å². The highest BCUT2D eigenvalue weighted by atomic mass is 16.4. The molecule has 57 heavy (non-hydrogen) atoms. The number of benzene rings is 9. The molecule has 268 valence electrons. The van der Waals surface area contributed by atoms with Crippen LogP contribution in [0.15, 0.2) is 215 Å². The lowest BCUT2D eigenvalue weighted by molar-refractivity contribution is 0.620. The van der Waals surface area contributed by atoms with Crippen molar-refractivity contribution >= 4 is 60.9 Å². The first-order valence-electron chi connectivity index (χ1n) is 19.2. The normalized spacial score (nSPS) is 11.5. The van der Waals surface area contributed by atoms with Crippen LogP contribution in [-0.4, -0.2) is 4.98 Å². The number of hydrogen-bond acceptors (Lipinski definition) is 4. The molecule has 4 nitrogen and oxygen atoms in total. The molecule has 11 aromatic rings. The number of rotatable bonds is 7. The van der Waals surface area contributed by atoms with Gasteiger partial charge in [0.2, 0.25) is 5.89 Å². The molecular formula is C53H34N2O2. The summed E-state index contributed by atoms with van der Waals surface area (Å²) >= 11 is 0. The zero-order valence-corrected chi connectivity index (χ0v) is 30.8. The molecule has 0 N–H and O–H groups in total. The minimum Gasteiger partial charge on any atom is -0.456 e. The first kappa shape index (κ1) is 32.7. The zero-order valence-electron chi connectivity index (χ0n) is 30.8. The molecule has 0 spiro atoms. The van der Waals surface area contributed by atoms with E-state index in [-0.39, 0.29) is 0 Å². The molecule has 11 rings (SSSR count). The Morgan fingerprint density at radius 2 is 0.930 bits per heavy atom. The third kappa shape index (κ3) is 5.92. The van der Waals surface area contributed by atoms with E-state index in [9.17, 15) is 0 Å². The average Bonchev–Trinajstić information content (AvgIpc) is 3.87. The van der Waals surface area contributed by atoms with E-state index >= 15 is 0 Å². The van der Waals surface area contributed by atoms with Gasteiger partial charge in [0.1, 0.15) is 16.7 Å². The molecular weight excluding hydrogens is 697 g/mol. The molecule has 0 saturated heterocycles. The highest BCUT2D eigenvalue weighted by molar-refractivity contribution is 6.10. The van der Waals surface area contributed by atoms with E-state index in [1.54, 1.807) is 0 Å². The predicted octanol–water partition coefficient (Wildman–Crippen LogP) is 15.0. The average molecular weight is 731 g/mol. The van der Waals surface area contributed by atoms with E-state index in [1.165, 1.54) is 33.0 Å². The van der Waals surface area contributed by atoms with Crippen molar-refractivity contribution in [2.75, 3.05) is 4.90 Å². The van der Waals surface area contributed by atoms with E-state index in [0.717, 1.165) is 66.8 Å². The van der Waals surface area contributed by atoms with Crippen molar-refractivity contribution in [2.45, 2.75) is 0 Å². The van der Waals surface area contributed by atoms with Crippen LogP contribution in [0.4, 0.5) is 17.1 Å². The van der Waals surface area contributed by atoms with E-state index in [0.29, 0.717) is 5.89 Å². The van der Waals surface area contributed by atoms with E-state index in [4.69, 9.17) is 13.8 Å². The molecule has 4 heteroatoms. The molecule has 0 radical (unpaired) electrons. The second kappa shape index (κ2) is 13.6. The quantitative estimate of drug-likeness (QED) is 0.164. The standard InChI is InChI=1S/C53H34N2O2/c1-3-11-35(12-4-1)36-21-26-42(27-22-36)55(44-18-9-17-41(31-44)46-20-10-16-38-13-7-8-19-45(38)46)43-28-23-37(24-29-43)40-25-30-50-47(32-40)48-33-52-49(34-51(48)56-50)54-53(57-52)39-14-5-2-6-15-39/h1-34H. The van der Waals surface area contributed by atoms with Gasteiger partial charge in [-0.25, -0.2) is 4.98 Å². The topological polar surface area (TPSA) is 42.4 Å². The number of oxazole rings is 1. The number of anilines is 3. The summed E-state index contributed by atoms with van der Waals surface area (Å²) in [7, 11) is 0. The van der Waals surface area contributed by atoms with Crippen LogP contribution in [0.1, 0.15) is 0 Å². The third-order valence-electron chi connectivity index (χ3n) is 10.9. The van der Waals surface area contributed by atoms with Crippen molar-refractivity contribution in [3.05, 3.63) is 206 Å². The lowest BCUT2D eigenvalue weighted by atomic mass is 9.97. The maximum atomic E-state index is 6.33. The summed E-state index contributed by atoms with van der Waals surface area (Å²) in [5, 5.41) is 4.51. The highest BCUT2D eigenvalue weighted by Crippen LogP contribution is 2.41. The fourth-order valence-corrected chi connectivity index (χ4v) is 8.05. The van der Waals surface area contributed by atoms with Gasteiger partial charge in [0, 0.05) is 39.5 Å². The van der Waals surface area contributed by atoms with Crippen molar-refractivity contribution in [3.63, 3.8) is 0 Å². The van der Waals surface area contributed by atoms with Crippen molar-refractivity contribution < 1.29 is 8.83 Å². The van der Waals surface area contributed by atoms with Crippen molar-refractivity contribution in [1.82, 2.24) is 4.98 Å².